The van der Waals surface area contributed by atoms with Gasteiger partial charge in [0.15, 0.2) is 38.6 Å². The van der Waals surface area contributed by atoms with Crippen LogP contribution in [-0.2, 0) is 229 Å². The Kier molecular flexibility index (Phi) is 43.9. The van der Waals surface area contributed by atoms with Gasteiger partial charge in [0.25, 0.3) is 24.5 Å². The van der Waals surface area contributed by atoms with Crippen LogP contribution in [0.1, 0.15) is 196 Å². The third-order valence-corrected chi connectivity index (χ3v) is 26.7. The van der Waals surface area contributed by atoms with Crippen molar-refractivity contribution in [3.63, 3.8) is 0 Å². The molecule has 8 aliphatic carbocycles. The van der Waals surface area contributed by atoms with Gasteiger partial charge in [0, 0.05) is 98.0 Å². The van der Waals surface area contributed by atoms with E-state index >= 15 is 0 Å². The number of hydrogen-bond donors (Lipinski definition) is 0. The van der Waals surface area contributed by atoms with E-state index in [9.17, 15) is 115 Å². The van der Waals surface area contributed by atoms with Crippen molar-refractivity contribution in [1.82, 2.24) is 0 Å². The van der Waals surface area contributed by atoms with Crippen molar-refractivity contribution in [2.24, 2.45) is 59.2 Å². The van der Waals surface area contributed by atoms with E-state index in [0.29, 0.717) is 128 Å². The normalized spacial score (nSPS) is 30.7. The molecule has 0 aromatic heterocycles. The molecule has 16 bridgehead atoms. The van der Waals surface area contributed by atoms with Crippen molar-refractivity contribution < 1.29 is 229 Å². The fourth-order valence-electron chi connectivity index (χ4n) is 19.0. The van der Waals surface area contributed by atoms with Gasteiger partial charge in [-0.1, -0.05) is 66.5 Å². The first-order chi connectivity index (χ1) is 71.1. The molecule has 0 aromatic rings. The van der Waals surface area contributed by atoms with Gasteiger partial charge in [0.2, 0.25) is 0 Å². The third kappa shape index (κ3) is 33.6. The van der Waals surface area contributed by atoms with Crippen LogP contribution in [0.3, 0.4) is 0 Å². The monoisotopic (exact) mass is 2120 g/mol. The van der Waals surface area contributed by atoms with Gasteiger partial charge in [0.1, 0.15) is 86.5 Å². The van der Waals surface area contributed by atoms with E-state index in [-0.39, 0.29) is 218 Å². The molecule has 26 unspecified atom stereocenters. The molecular formula is C102H124O48. The fraction of sp³-hybridized carbons (Fsp3) is 0.608. The maximum Gasteiger partial charge on any atom is 0.344 e. The maximum absolute atomic E-state index is 11.7. The Bertz CT molecular complexity index is 5190. The van der Waals surface area contributed by atoms with Crippen LogP contribution in [0.15, 0.2) is 99.2 Å². The first kappa shape index (κ1) is 119. The summed E-state index contributed by atoms with van der Waals surface area (Å²) in [6.45, 7) is 35.1. The fourth-order valence-corrected chi connectivity index (χ4v) is 19.0. The van der Waals surface area contributed by atoms with Crippen LogP contribution in [0, 0.1) is 59.2 Å². The molecule has 48 heteroatoms. The average Bonchev–Trinajstić information content (AvgIpc) is 1.61. The minimum atomic E-state index is -1.45. The molecule has 820 valence electrons. The second-order valence-electron chi connectivity index (χ2n) is 38.0. The number of carbonyl (C=O) groups is 24. The van der Waals surface area contributed by atoms with Gasteiger partial charge in [-0.25, -0.2) is 57.5 Å². The Morgan fingerprint density at radius 3 is 0.893 bits per heavy atom. The molecular weight excluding hydrogens is 1990 g/mol. The second-order valence-corrected chi connectivity index (χ2v) is 38.0. The van der Waals surface area contributed by atoms with E-state index in [1.54, 1.807) is 0 Å². The summed E-state index contributed by atoms with van der Waals surface area (Å²) in [5, 5.41) is 0. The largest absolute Gasteiger partial charge is 0.462 e. The topological polar surface area (TPSA) is 631 Å². The summed E-state index contributed by atoms with van der Waals surface area (Å²) in [6.07, 6.45) is 10.4. The predicted octanol–water partition coefficient (Wildman–Crippen LogP) is 5.57. The van der Waals surface area contributed by atoms with Gasteiger partial charge in [-0.05, 0) is 129 Å². The second kappa shape index (κ2) is 55.5. The van der Waals surface area contributed by atoms with Crippen LogP contribution in [0.5, 0.6) is 0 Å². The van der Waals surface area contributed by atoms with E-state index in [1.165, 1.54) is 27.7 Å². The van der Waals surface area contributed by atoms with Gasteiger partial charge in [0.05, 0.1) is 60.2 Å². The molecule has 26 atom stereocenters. The Labute approximate surface area is 860 Å². The van der Waals surface area contributed by atoms with Crippen LogP contribution in [0.4, 0.5) is 0 Å². The molecule has 16 rings (SSSR count). The Balaban J connectivity index is 0.000000190. The third-order valence-electron chi connectivity index (χ3n) is 26.7. The molecule has 0 radical (unpaired) electrons. The number of carbonyl (C=O) groups excluding carboxylic acids is 24. The average molecular weight is 2120 g/mol. The van der Waals surface area contributed by atoms with E-state index in [1.807, 2.05) is 13.8 Å². The van der Waals surface area contributed by atoms with Gasteiger partial charge in [-0.3, -0.25) is 57.5 Å². The summed E-state index contributed by atoms with van der Waals surface area (Å²) in [4.78, 5) is 270. The molecule has 8 aliphatic heterocycles. The van der Waals surface area contributed by atoms with Crippen molar-refractivity contribution in [2.45, 2.75) is 293 Å². The summed E-state index contributed by atoms with van der Waals surface area (Å²) >= 11 is 0. The van der Waals surface area contributed by atoms with Crippen LogP contribution in [0.2, 0.25) is 0 Å². The Morgan fingerprint density at radius 2 is 0.567 bits per heavy atom. The zero-order valence-electron chi connectivity index (χ0n) is 83.8. The van der Waals surface area contributed by atoms with Crippen molar-refractivity contribution >= 4 is 144 Å². The molecule has 8 heterocycles. The molecule has 8 saturated carbocycles. The summed E-state index contributed by atoms with van der Waals surface area (Å²) in [5.74, 6) is -14.2. The number of esters is 22. The first-order valence-corrected chi connectivity index (χ1v) is 48.8. The summed E-state index contributed by atoms with van der Waals surface area (Å²) in [6, 6.07) is 0. The van der Waals surface area contributed by atoms with Gasteiger partial charge >= 0.3 is 131 Å². The lowest BCUT2D eigenvalue weighted by Crippen LogP contribution is -2.48. The SMILES string of the molecule is C=C(C)C(=O)OC1CCC2CC1(OC=O)OC2=O.C=C(C)C(=O)OCC(=O)OC1C(C)CC2CC1OC2=O.C=C(C)C(=O)OCC(=O)OC1CCC2CC1OC2=O.C=C(C)C(=O)OCCC(=O)OC1CCC2CC1OC2=O.C=CC(=O)OC1CCC2CC1(OC=O)OC2=O.C=CC(=O)OCC(=O)OC1C(C)CC2CC1OC2=O.C=CC(=O)OCC(=O)OC1CCC2CC1OC2=O.C=CC(=O)OCCC(=O)OC1CCC2CC1OC2=O. The highest BCUT2D eigenvalue weighted by Gasteiger charge is 2.62. The van der Waals surface area contributed by atoms with Crippen LogP contribution < -0.4 is 0 Å². The van der Waals surface area contributed by atoms with Crippen molar-refractivity contribution in [2.75, 3.05) is 39.6 Å². The molecule has 150 heavy (non-hydrogen) atoms. The molecule has 0 aromatic carbocycles. The Hall–Kier alpha value is -14.8. The van der Waals surface area contributed by atoms with Crippen molar-refractivity contribution in [3.05, 3.63) is 99.2 Å². The quantitative estimate of drug-likeness (QED) is 0.0329. The van der Waals surface area contributed by atoms with Gasteiger partial charge in [-0.2, -0.15) is 0 Å². The zero-order chi connectivity index (χ0) is 110. The maximum atomic E-state index is 11.7. The summed E-state index contributed by atoms with van der Waals surface area (Å²) in [7, 11) is 0. The number of hydrogen-bond acceptors (Lipinski definition) is 48. The van der Waals surface area contributed by atoms with Crippen molar-refractivity contribution in [1.29, 1.82) is 0 Å². The predicted molar refractivity (Wildman–Crippen MR) is 493 cm³/mol. The highest BCUT2D eigenvalue weighted by atomic mass is 16.8. The van der Waals surface area contributed by atoms with Crippen LogP contribution in [-0.4, -0.2) is 281 Å². The van der Waals surface area contributed by atoms with Crippen molar-refractivity contribution in [3.8, 4) is 0 Å². The number of ether oxygens (including phenoxy) is 24. The van der Waals surface area contributed by atoms with Crippen LogP contribution in [0.25, 0.3) is 0 Å². The number of rotatable bonds is 34. The zero-order valence-corrected chi connectivity index (χ0v) is 83.8. The number of fused-ring (bicyclic) bond motifs is 16. The first-order valence-electron chi connectivity index (χ1n) is 48.8. The lowest BCUT2D eigenvalue weighted by atomic mass is 9.81. The Morgan fingerprint density at radius 1 is 0.293 bits per heavy atom. The lowest BCUT2D eigenvalue weighted by molar-refractivity contribution is -0.247. The molecule has 16 aliphatic rings. The van der Waals surface area contributed by atoms with E-state index in [4.69, 9.17) is 94.7 Å². The minimum Gasteiger partial charge on any atom is -0.462 e. The van der Waals surface area contributed by atoms with E-state index in [2.05, 4.69) is 71.6 Å². The standard InChI is InChI=1S/2C14H18O6.3C13H16O6.2C12H14O6.C11H12O6/c1-7(2)13(16)18-6-11(15)20-12-8(3)4-9-5-10(12)19-14(9)17;1-8(2)13(16)18-6-5-12(15)19-10-4-3-9-7-11(10)20-14(9)17;1-7(2)12(15)17-6-11(14)18-9-4-3-8-5-10(9)19-13(8)16;1-3-10(14)17-6-11(15)19-12-7(2)4-8-5-9(12)18-13(8)16;1-2-11(14)17-6-5-12(15)18-9-4-3-8-7-10(9)19-13(8)16;1-7(2)10(14)17-9-4-3-8-5-12(9,16-6-13)18-11(8)15;1-2-10(13)16-6-11(14)17-8-4-3-7-5-9(8)18-12(7)15;1-2-9(13)16-8-4-3-7-5-11(8,15-6-12)17-10(7)14/h8-10,12H,1,4-6H2,2-3H3;9-11H,1,3-7H2,2H3;8-10H,1,3-6H2,2H3;3,7-9,12H,1,4-6H2,2H3;2,8-10H,1,3-7H2;6,8-9H,1,3-5H2,2H3;2,7-9H,1,3-6H2;2,6-8H,1,3-5H2. The molecule has 0 amide bonds. The molecule has 0 spiro atoms. The van der Waals surface area contributed by atoms with E-state index in [0.717, 1.165) is 24.3 Å². The minimum absolute atomic E-state index is 0.0137. The molecule has 48 nitrogen and oxygen atoms in total. The van der Waals surface area contributed by atoms with Crippen LogP contribution >= 0.6 is 0 Å². The highest BCUT2D eigenvalue weighted by Crippen LogP contribution is 2.48. The molecule has 16 fully saturated rings. The highest BCUT2D eigenvalue weighted by molar-refractivity contribution is 5.91. The summed E-state index contributed by atoms with van der Waals surface area (Å²) < 4.78 is 121. The molecule has 0 N–H and O–H groups in total. The smallest absolute Gasteiger partial charge is 0.344 e. The van der Waals surface area contributed by atoms with Gasteiger partial charge in [-0.15, -0.1) is 0 Å². The molecule has 8 saturated heterocycles. The lowest BCUT2D eigenvalue weighted by Gasteiger charge is -2.35. The summed E-state index contributed by atoms with van der Waals surface area (Å²) in [5.41, 5.74) is 0.965. The van der Waals surface area contributed by atoms with E-state index < -0.39 is 170 Å². The van der Waals surface area contributed by atoms with Gasteiger partial charge < -0.3 is 114 Å².